The lowest BCUT2D eigenvalue weighted by Crippen LogP contribution is -2.20. The highest BCUT2D eigenvalue weighted by atomic mass is 32.2. The van der Waals surface area contributed by atoms with E-state index in [2.05, 4.69) is 22.2 Å². The molecule has 122 valence electrons. The molecule has 0 bridgehead atoms. The van der Waals surface area contributed by atoms with E-state index < -0.39 is 10.0 Å². The van der Waals surface area contributed by atoms with Gasteiger partial charge in [0.25, 0.3) is 10.0 Å². The summed E-state index contributed by atoms with van der Waals surface area (Å²) in [5.41, 5.74) is 1.38. The minimum atomic E-state index is -3.69. The topological polar surface area (TPSA) is 87.6 Å². The SMILES string of the molecule is CCCC/C(CC)=N/NS(=O)(=O)c1ccc(NC(C)=O)cc1. The molecule has 1 aromatic rings. The Labute approximate surface area is 132 Å². The number of hydrogen-bond acceptors (Lipinski definition) is 4. The highest BCUT2D eigenvalue weighted by Gasteiger charge is 2.13. The van der Waals surface area contributed by atoms with Gasteiger partial charge in [0, 0.05) is 18.3 Å². The number of rotatable bonds is 8. The van der Waals surface area contributed by atoms with Crippen LogP contribution in [0.4, 0.5) is 5.69 Å². The summed E-state index contributed by atoms with van der Waals surface area (Å²) >= 11 is 0. The van der Waals surface area contributed by atoms with Gasteiger partial charge in [0.2, 0.25) is 5.91 Å². The third-order valence-electron chi connectivity index (χ3n) is 3.04. The van der Waals surface area contributed by atoms with Gasteiger partial charge in [-0.3, -0.25) is 4.79 Å². The van der Waals surface area contributed by atoms with Gasteiger partial charge >= 0.3 is 0 Å². The van der Waals surface area contributed by atoms with Gasteiger partial charge in [-0.1, -0.05) is 20.3 Å². The van der Waals surface area contributed by atoms with E-state index in [9.17, 15) is 13.2 Å². The number of unbranched alkanes of at least 4 members (excludes halogenated alkanes) is 1. The van der Waals surface area contributed by atoms with Gasteiger partial charge in [-0.2, -0.15) is 13.5 Å². The van der Waals surface area contributed by atoms with Gasteiger partial charge in [0.1, 0.15) is 0 Å². The van der Waals surface area contributed by atoms with Crippen molar-refractivity contribution >= 4 is 27.3 Å². The maximum absolute atomic E-state index is 12.2. The Hall–Kier alpha value is -1.89. The molecule has 1 aromatic carbocycles. The molecule has 22 heavy (non-hydrogen) atoms. The maximum Gasteiger partial charge on any atom is 0.276 e. The van der Waals surface area contributed by atoms with Crippen molar-refractivity contribution in [3.8, 4) is 0 Å². The molecule has 7 heteroatoms. The summed E-state index contributed by atoms with van der Waals surface area (Å²) in [5, 5.41) is 6.59. The largest absolute Gasteiger partial charge is 0.326 e. The van der Waals surface area contributed by atoms with Gasteiger partial charge < -0.3 is 5.32 Å². The summed E-state index contributed by atoms with van der Waals surface area (Å²) < 4.78 is 24.3. The standard InChI is InChI=1S/C15H23N3O3S/c1-4-6-7-13(5-2)17-18-22(20,21)15-10-8-14(9-11-15)16-12(3)19/h8-11,18H,4-7H2,1-3H3,(H,16,19)/b17-13+. The fourth-order valence-corrected chi connectivity index (χ4v) is 2.64. The number of carbonyl (C=O) groups is 1. The van der Waals surface area contributed by atoms with Crippen LogP contribution >= 0.6 is 0 Å². The van der Waals surface area contributed by atoms with Crippen LogP contribution in [0.1, 0.15) is 46.5 Å². The van der Waals surface area contributed by atoms with Crippen LogP contribution in [-0.4, -0.2) is 20.0 Å². The lowest BCUT2D eigenvalue weighted by molar-refractivity contribution is -0.114. The van der Waals surface area contributed by atoms with Gasteiger partial charge in [-0.05, 0) is 43.5 Å². The van der Waals surface area contributed by atoms with Crippen LogP contribution in [0, 0.1) is 0 Å². The van der Waals surface area contributed by atoms with E-state index in [1.54, 1.807) is 0 Å². The molecule has 0 unspecified atom stereocenters. The molecule has 0 atom stereocenters. The van der Waals surface area contributed by atoms with Crippen molar-refractivity contribution in [3.63, 3.8) is 0 Å². The number of sulfonamides is 1. The molecule has 0 aromatic heterocycles. The molecule has 6 nitrogen and oxygen atoms in total. The molecule has 1 rings (SSSR count). The average Bonchev–Trinajstić information content (AvgIpc) is 2.47. The van der Waals surface area contributed by atoms with E-state index in [1.807, 2.05) is 6.92 Å². The third kappa shape index (κ3) is 5.85. The van der Waals surface area contributed by atoms with Crippen molar-refractivity contribution in [3.05, 3.63) is 24.3 Å². The van der Waals surface area contributed by atoms with E-state index in [4.69, 9.17) is 0 Å². The summed E-state index contributed by atoms with van der Waals surface area (Å²) in [4.78, 5) is 13.3. The average molecular weight is 325 g/mol. The highest BCUT2D eigenvalue weighted by molar-refractivity contribution is 7.89. The lowest BCUT2D eigenvalue weighted by atomic mass is 10.1. The Morgan fingerprint density at radius 3 is 2.32 bits per heavy atom. The Balaban J connectivity index is 2.81. The minimum Gasteiger partial charge on any atom is -0.326 e. The van der Waals surface area contributed by atoms with Crippen molar-refractivity contribution in [1.29, 1.82) is 0 Å². The first-order valence-corrected chi connectivity index (χ1v) is 8.82. The first-order valence-electron chi connectivity index (χ1n) is 7.34. The number of nitrogens with one attached hydrogen (secondary N) is 2. The first kappa shape index (κ1) is 18.2. The molecule has 1 amide bonds. The molecule has 2 N–H and O–H groups in total. The van der Waals surface area contributed by atoms with Crippen molar-refractivity contribution < 1.29 is 13.2 Å². The minimum absolute atomic E-state index is 0.108. The van der Waals surface area contributed by atoms with Crippen molar-refractivity contribution in [2.45, 2.75) is 51.3 Å². The lowest BCUT2D eigenvalue weighted by Gasteiger charge is -2.07. The van der Waals surface area contributed by atoms with Gasteiger partial charge in [0.05, 0.1) is 4.90 Å². The summed E-state index contributed by atoms with van der Waals surface area (Å²) in [6.45, 7) is 5.42. The van der Waals surface area contributed by atoms with E-state index in [0.29, 0.717) is 12.1 Å². The zero-order valence-electron chi connectivity index (χ0n) is 13.2. The summed E-state index contributed by atoms with van der Waals surface area (Å²) in [5.74, 6) is -0.207. The van der Waals surface area contributed by atoms with Crippen molar-refractivity contribution in [1.82, 2.24) is 4.83 Å². The van der Waals surface area contributed by atoms with Crippen LogP contribution in [0.25, 0.3) is 0 Å². The van der Waals surface area contributed by atoms with E-state index in [-0.39, 0.29) is 10.8 Å². The first-order chi connectivity index (χ1) is 10.4. The summed E-state index contributed by atoms with van der Waals surface area (Å²) in [6.07, 6.45) is 3.52. The number of carbonyl (C=O) groups excluding carboxylic acids is 1. The predicted molar refractivity (Wildman–Crippen MR) is 88.3 cm³/mol. The molecule has 0 heterocycles. The molecule has 0 saturated heterocycles. The normalized spacial score (nSPS) is 12.0. The van der Waals surface area contributed by atoms with Crippen LogP contribution in [0.15, 0.2) is 34.3 Å². The number of anilines is 1. The van der Waals surface area contributed by atoms with E-state index in [0.717, 1.165) is 25.0 Å². The monoisotopic (exact) mass is 325 g/mol. The fraction of sp³-hybridized carbons (Fsp3) is 0.467. The van der Waals surface area contributed by atoms with E-state index in [1.165, 1.54) is 31.2 Å². The molecular weight excluding hydrogens is 302 g/mol. The second kappa shape index (κ2) is 8.53. The quantitative estimate of drug-likeness (QED) is 0.569. The predicted octanol–water partition coefficient (Wildman–Crippen LogP) is 2.88. The van der Waals surface area contributed by atoms with Gasteiger partial charge in [0.15, 0.2) is 0 Å². The molecule has 0 saturated carbocycles. The third-order valence-corrected chi connectivity index (χ3v) is 4.26. The highest BCUT2D eigenvalue weighted by Crippen LogP contribution is 2.14. The number of benzene rings is 1. The Bertz CT molecular complexity index is 622. The smallest absolute Gasteiger partial charge is 0.276 e. The molecule has 0 aliphatic rings. The Kier molecular flexibility index (Phi) is 7.04. The number of amides is 1. The Morgan fingerprint density at radius 2 is 1.82 bits per heavy atom. The number of hydrogen-bond donors (Lipinski definition) is 2. The van der Waals surface area contributed by atoms with Crippen molar-refractivity contribution in [2.24, 2.45) is 5.10 Å². The zero-order valence-corrected chi connectivity index (χ0v) is 14.0. The van der Waals surface area contributed by atoms with Crippen molar-refractivity contribution in [2.75, 3.05) is 5.32 Å². The number of nitrogens with zero attached hydrogens (tertiary/aromatic N) is 1. The second-order valence-corrected chi connectivity index (χ2v) is 6.60. The summed E-state index contributed by atoms with van der Waals surface area (Å²) in [7, 11) is -3.69. The van der Waals surface area contributed by atoms with Crippen LogP contribution in [0.2, 0.25) is 0 Å². The molecule has 0 fully saturated rings. The zero-order chi connectivity index (χ0) is 16.6. The van der Waals surface area contributed by atoms with Crippen LogP contribution in [-0.2, 0) is 14.8 Å². The molecule has 0 aliphatic carbocycles. The van der Waals surface area contributed by atoms with Crippen LogP contribution < -0.4 is 10.1 Å². The van der Waals surface area contributed by atoms with Crippen LogP contribution in [0.5, 0.6) is 0 Å². The molecular formula is C15H23N3O3S. The second-order valence-electron chi connectivity index (χ2n) is 4.94. The van der Waals surface area contributed by atoms with Gasteiger partial charge in [-0.15, -0.1) is 0 Å². The summed E-state index contributed by atoms with van der Waals surface area (Å²) in [6, 6.07) is 5.94. The molecule has 0 aliphatic heterocycles. The van der Waals surface area contributed by atoms with Gasteiger partial charge in [-0.25, -0.2) is 4.83 Å². The van der Waals surface area contributed by atoms with Crippen LogP contribution in [0.3, 0.4) is 0 Å². The number of hydrazone groups is 1. The van der Waals surface area contributed by atoms with E-state index >= 15 is 0 Å². The fourth-order valence-electron chi connectivity index (χ4n) is 1.79. The molecule has 0 spiro atoms. The maximum atomic E-state index is 12.2. The molecule has 0 radical (unpaired) electrons. The Morgan fingerprint density at radius 1 is 1.18 bits per heavy atom.